The van der Waals surface area contributed by atoms with Crippen LogP contribution in [0.25, 0.3) is 10.1 Å². The Morgan fingerprint density at radius 1 is 0.938 bits per heavy atom. The normalized spacial score (nSPS) is 13.6. The molecule has 5 aromatic rings. The Balaban J connectivity index is 1.34. The summed E-state index contributed by atoms with van der Waals surface area (Å²) < 4.78 is 37.8. The van der Waals surface area contributed by atoms with Gasteiger partial charge in [0, 0.05) is 41.9 Å². The van der Waals surface area contributed by atoms with Gasteiger partial charge in [-0.15, -0.1) is 22.7 Å². The van der Waals surface area contributed by atoms with E-state index in [0.29, 0.717) is 59.0 Å². The van der Waals surface area contributed by atoms with E-state index in [1.807, 2.05) is 78.7 Å². The van der Waals surface area contributed by atoms with Crippen LogP contribution in [0.5, 0.6) is 0 Å². The van der Waals surface area contributed by atoms with Crippen molar-refractivity contribution in [3.63, 3.8) is 0 Å². The number of halogens is 1. The van der Waals surface area contributed by atoms with Gasteiger partial charge in [0.05, 0.1) is 22.9 Å². The molecule has 0 radical (unpaired) electrons. The van der Waals surface area contributed by atoms with E-state index in [-0.39, 0.29) is 24.0 Å². The van der Waals surface area contributed by atoms with Crippen LogP contribution in [0.2, 0.25) is 0 Å². The minimum Gasteiger partial charge on any atom is -0.462 e. The molecule has 1 saturated heterocycles. The number of carbonyl (C=O) groups is 2. The van der Waals surface area contributed by atoms with Gasteiger partial charge in [-0.3, -0.25) is 9.10 Å². The number of sulfonamides is 1. The maximum atomic E-state index is 14.7. The van der Waals surface area contributed by atoms with E-state index >= 15 is 0 Å². The summed E-state index contributed by atoms with van der Waals surface area (Å²) in [6.45, 7) is 8.27. The largest absolute Gasteiger partial charge is 0.462 e. The topological polar surface area (TPSA) is 87.2 Å². The summed E-state index contributed by atoms with van der Waals surface area (Å²) in [5, 5.41) is 2.61. The van der Waals surface area contributed by atoms with Gasteiger partial charge in [-0.25, -0.2) is 13.2 Å². The van der Waals surface area contributed by atoms with Crippen molar-refractivity contribution >= 4 is 82.0 Å². The van der Waals surface area contributed by atoms with Gasteiger partial charge < -0.3 is 14.5 Å². The predicted octanol–water partition coefficient (Wildman–Crippen LogP) is 7.92. The third-order valence-corrected chi connectivity index (χ3v) is 13.4. The van der Waals surface area contributed by atoms with Gasteiger partial charge in [-0.2, -0.15) is 0 Å². The van der Waals surface area contributed by atoms with Crippen molar-refractivity contribution in [1.29, 1.82) is 0 Å². The van der Waals surface area contributed by atoms with E-state index in [1.54, 1.807) is 25.1 Å². The highest BCUT2D eigenvalue weighted by atomic mass is 79.9. The Labute approximate surface area is 297 Å². The van der Waals surface area contributed by atoms with Crippen molar-refractivity contribution in [3.8, 4) is 0 Å². The van der Waals surface area contributed by atoms with Crippen molar-refractivity contribution in [3.05, 3.63) is 109 Å². The third kappa shape index (κ3) is 6.89. The predicted molar refractivity (Wildman–Crippen MR) is 199 cm³/mol. The Hall–Kier alpha value is -3.71. The molecule has 0 unspecified atom stereocenters. The fraction of sp³-hybridized carbons (Fsp3) is 0.278. The van der Waals surface area contributed by atoms with Gasteiger partial charge in [0.25, 0.3) is 15.9 Å². The van der Waals surface area contributed by atoms with Gasteiger partial charge in [0.1, 0.15) is 9.75 Å². The smallest absolute Gasteiger partial charge is 0.348 e. The molecule has 0 atom stereocenters. The highest BCUT2D eigenvalue weighted by molar-refractivity contribution is 9.10. The van der Waals surface area contributed by atoms with Gasteiger partial charge >= 0.3 is 5.97 Å². The fourth-order valence-electron chi connectivity index (χ4n) is 5.92. The number of esters is 1. The fourth-order valence-corrected chi connectivity index (χ4v) is 10.0. The molecular formula is C36H36BrN3O5S3. The Morgan fingerprint density at radius 2 is 1.67 bits per heavy atom. The number of aryl methyl sites for hydroxylation is 2. The monoisotopic (exact) mass is 765 g/mol. The molecule has 12 heteroatoms. The number of para-hydroxylation sites is 2. The first-order chi connectivity index (χ1) is 23.1. The second kappa shape index (κ2) is 14.4. The van der Waals surface area contributed by atoms with E-state index < -0.39 is 16.0 Å². The lowest BCUT2D eigenvalue weighted by molar-refractivity contribution is 0.0531. The summed E-state index contributed by atoms with van der Waals surface area (Å²) >= 11 is 6.21. The number of ether oxygens (including phenoxy) is 1. The highest BCUT2D eigenvalue weighted by Gasteiger charge is 2.31. The zero-order valence-corrected chi connectivity index (χ0v) is 31.0. The van der Waals surface area contributed by atoms with E-state index in [0.717, 1.165) is 26.0 Å². The molecule has 250 valence electrons. The lowest BCUT2D eigenvalue weighted by atomic mass is 10.1. The second-order valence-corrected chi connectivity index (χ2v) is 16.3. The van der Waals surface area contributed by atoms with Crippen LogP contribution >= 0.6 is 38.6 Å². The number of nitrogens with zero attached hydrogens (tertiary/aromatic N) is 3. The van der Waals surface area contributed by atoms with Crippen LogP contribution in [0.1, 0.15) is 43.0 Å². The maximum Gasteiger partial charge on any atom is 0.348 e. The Bertz CT molecular complexity index is 2070. The quantitative estimate of drug-likeness (QED) is 0.134. The number of piperazine rings is 1. The van der Waals surface area contributed by atoms with Crippen LogP contribution in [0.4, 0.5) is 11.4 Å². The SMILES string of the molecule is CCOC(=O)c1sc2ccc(S(=O)(=O)N(CCc3ccc(C)cc3)c3ccccc3N3CCN(C(=O)c4sccc4Br)CC3)cc2c1C. The molecule has 8 nitrogen and oxygen atoms in total. The number of fused-ring (bicyclic) bond motifs is 1. The Kier molecular flexibility index (Phi) is 10.3. The first kappa shape index (κ1) is 34.2. The van der Waals surface area contributed by atoms with Crippen LogP contribution in [0, 0.1) is 13.8 Å². The molecule has 0 N–H and O–H groups in total. The molecule has 1 aliphatic heterocycles. The summed E-state index contributed by atoms with van der Waals surface area (Å²) in [5.41, 5.74) is 4.26. The molecule has 1 amide bonds. The molecule has 0 aliphatic carbocycles. The standard InChI is InChI=1S/C36H36BrN3O5S3/c1-4-45-36(42)33-25(3)28-23-27(13-14-32(28)47-33)48(43,44)40(17-15-26-11-9-24(2)10-12-26)31-8-6-5-7-30(31)38-18-20-39(21-19-38)35(41)34-29(37)16-22-46-34/h5-14,16,22-23H,4,15,17-21H2,1-3H3. The Morgan fingerprint density at radius 3 is 2.35 bits per heavy atom. The maximum absolute atomic E-state index is 14.7. The number of hydrogen-bond donors (Lipinski definition) is 0. The molecule has 48 heavy (non-hydrogen) atoms. The molecule has 0 spiro atoms. The van der Waals surface area contributed by atoms with Crippen molar-refractivity contribution in [2.75, 3.05) is 48.5 Å². The summed E-state index contributed by atoms with van der Waals surface area (Å²) in [4.78, 5) is 31.1. The van der Waals surface area contributed by atoms with Gasteiger partial charge in [0.2, 0.25) is 0 Å². The van der Waals surface area contributed by atoms with Crippen molar-refractivity contribution in [1.82, 2.24) is 4.90 Å². The number of carbonyl (C=O) groups excluding carboxylic acids is 2. The minimum absolute atomic E-state index is 0.00246. The third-order valence-electron chi connectivity index (χ3n) is 8.55. The van der Waals surface area contributed by atoms with E-state index in [4.69, 9.17) is 4.74 Å². The van der Waals surface area contributed by atoms with Crippen molar-refractivity contribution in [2.24, 2.45) is 0 Å². The molecule has 3 heterocycles. The van der Waals surface area contributed by atoms with Crippen molar-refractivity contribution < 1.29 is 22.7 Å². The lowest BCUT2D eigenvalue weighted by Gasteiger charge is -2.38. The molecule has 1 aliphatic rings. The van der Waals surface area contributed by atoms with E-state index in [9.17, 15) is 18.0 Å². The van der Waals surface area contributed by atoms with Crippen LogP contribution in [0.3, 0.4) is 0 Å². The summed E-state index contributed by atoms with van der Waals surface area (Å²) in [6, 6.07) is 22.7. The number of thiophene rings is 2. The zero-order valence-electron chi connectivity index (χ0n) is 26.9. The molecule has 0 saturated carbocycles. The van der Waals surface area contributed by atoms with Crippen LogP contribution in [-0.4, -0.2) is 64.5 Å². The number of anilines is 2. The highest BCUT2D eigenvalue weighted by Crippen LogP contribution is 2.37. The average molecular weight is 767 g/mol. The molecular weight excluding hydrogens is 731 g/mol. The van der Waals surface area contributed by atoms with Crippen LogP contribution in [-0.2, 0) is 21.2 Å². The molecule has 1 fully saturated rings. The average Bonchev–Trinajstić information content (AvgIpc) is 3.67. The van der Waals surface area contributed by atoms with Crippen LogP contribution < -0.4 is 9.21 Å². The first-order valence-electron chi connectivity index (χ1n) is 15.7. The van der Waals surface area contributed by atoms with Gasteiger partial charge in [-0.05, 0) is 101 Å². The van der Waals surface area contributed by atoms with Crippen molar-refractivity contribution in [2.45, 2.75) is 32.1 Å². The summed E-state index contributed by atoms with van der Waals surface area (Å²) in [5.74, 6) is -0.406. The van der Waals surface area contributed by atoms with E-state index in [2.05, 4.69) is 20.8 Å². The van der Waals surface area contributed by atoms with E-state index in [1.165, 1.54) is 27.0 Å². The second-order valence-electron chi connectivity index (χ2n) is 11.6. The summed E-state index contributed by atoms with van der Waals surface area (Å²) in [7, 11) is -4.05. The van der Waals surface area contributed by atoms with Crippen LogP contribution in [0.15, 0.2) is 87.5 Å². The van der Waals surface area contributed by atoms with Gasteiger partial charge in [0.15, 0.2) is 0 Å². The number of amides is 1. The zero-order chi connectivity index (χ0) is 34.0. The molecule has 6 rings (SSSR count). The number of rotatable bonds is 10. The number of hydrogen-bond acceptors (Lipinski definition) is 8. The first-order valence-corrected chi connectivity index (χ1v) is 19.7. The summed E-state index contributed by atoms with van der Waals surface area (Å²) in [6.07, 6.45) is 0.512. The molecule has 2 aromatic heterocycles. The molecule has 3 aromatic carbocycles. The number of benzene rings is 3. The molecule has 0 bridgehead atoms. The lowest BCUT2D eigenvalue weighted by Crippen LogP contribution is -2.49. The van der Waals surface area contributed by atoms with Gasteiger partial charge in [-0.1, -0.05) is 42.0 Å². The minimum atomic E-state index is -4.05.